The van der Waals surface area contributed by atoms with E-state index in [1.54, 1.807) is 6.92 Å². The molecule has 0 aliphatic heterocycles. The van der Waals surface area contributed by atoms with Crippen molar-refractivity contribution in [2.75, 3.05) is 0 Å². The summed E-state index contributed by atoms with van der Waals surface area (Å²) < 4.78 is 5.63. The van der Waals surface area contributed by atoms with Crippen molar-refractivity contribution in [3.05, 3.63) is 34.9 Å². The van der Waals surface area contributed by atoms with Gasteiger partial charge in [-0.25, -0.2) is 0 Å². The summed E-state index contributed by atoms with van der Waals surface area (Å²) in [5.74, 6) is 3.15. The minimum atomic E-state index is -0.103. The Labute approximate surface area is 217 Å². The van der Waals surface area contributed by atoms with Gasteiger partial charge in [-0.15, -0.1) is 0 Å². The molecular weight excluding hydrogens is 428 g/mol. The molecule has 0 heterocycles. The molecule has 0 aromatic heterocycles. The lowest BCUT2D eigenvalue weighted by Crippen LogP contribution is -2.46. The number of esters is 1. The van der Waals surface area contributed by atoms with Crippen LogP contribution in [-0.4, -0.2) is 12.1 Å². The van der Waals surface area contributed by atoms with Crippen LogP contribution in [0, 0.1) is 34.5 Å². The second-order valence-corrected chi connectivity index (χ2v) is 12.9. The number of hydrogen-bond donors (Lipinski definition) is 0. The normalized spacial score (nSPS) is 36.9. The Morgan fingerprint density at radius 3 is 2.37 bits per heavy atom. The molecule has 0 spiro atoms. The topological polar surface area (TPSA) is 26.3 Å². The highest BCUT2D eigenvalue weighted by Crippen LogP contribution is 2.66. The first-order chi connectivity index (χ1) is 16.6. The van der Waals surface area contributed by atoms with Crippen molar-refractivity contribution in [1.82, 2.24) is 0 Å². The summed E-state index contributed by atoms with van der Waals surface area (Å²) in [6.07, 6.45) is 20.7. The zero-order valence-electron chi connectivity index (χ0n) is 24.2. The Morgan fingerprint density at radius 2 is 1.74 bits per heavy atom. The summed E-state index contributed by atoms with van der Waals surface area (Å²) in [6, 6.07) is 0. The minimum absolute atomic E-state index is 0.103. The molecule has 2 fully saturated rings. The van der Waals surface area contributed by atoms with Gasteiger partial charge in [0, 0.05) is 6.92 Å². The van der Waals surface area contributed by atoms with E-state index in [2.05, 4.69) is 40.7 Å². The van der Waals surface area contributed by atoms with Gasteiger partial charge in [-0.3, -0.25) is 4.79 Å². The Balaban J connectivity index is 0.000000795. The molecule has 7 unspecified atom stereocenters. The SMILES string of the molecule is C/C=C\C.CC(=O)OC1CCC2(C)C3=C(CCC2C1)C1CCC(C(C)CCC=C(C)C)C1(C)CC3. The van der Waals surface area contributed by atoms with Crippen LogP contribution in [0.15, 0.2) is 34.9 Å². The average molecular weight is 483 g/mol. The second-order valence-electron chi connectivity index (χ2n) is 12.9. The van der Waals surface area contributed by atoms with E-state index in [-0.39, 0.29) is 12.1 Å². The zero-order valence-corrected chi connectivity index (χ0v) is 24.2. The van der Waals surface area contributed by atoms with Crippen molar-refractivity contribution < 1.29 is 9.53 Å². The summed E-state index contributed by atoms with van der Waals surface area (Å²) in [7, 11) is 0. The van der Waals surface area contributed by atoms with Gasteiger partial charge in [0.25, 0.3) is 0 Å². The van der Waals surface area contributed by atoms with Gasteiger partial charge in [-0.1, -0.05) is 55.7 Å². The number of carbonyl (C=O) groups is 1. The van der Waals surface area contributed by atoms with Gasteiger partial charge >= 0.3 is 5.97 Å². The van der Waals surface area contributed by atoms with E-state index in [0.29, 0.717) is 16.7 Å². The Bertz CT molecular complexity index is 824. The third-order valence-electron chi connectivity index (χ3n) is 10.5. The number of allylic oxidation sites excluding steroid dienone is 6. The Morgan fingerprint density at radius 1 is 1.03 bits per heavy atom. The zero-order chi connectivity index (χ0) is 25.8. The van der Waals surface area contributed by atoms with E-state index in [9.17, 15) is 4.79 Å². The van der Waals surface area contributed by atoms with Crippen LogP contribution >= 0.6 is 0 Å². The van der Waals surface area contributed by atoms with Gasteiger partial charge in [0.2, 0.25) is 0 Å². The van der Waals surface area contributed by atoms with Crippen molar-refractivity contribution in [1.29, 1.82) is 0 Å². The van der Waals surface area contributed by atoms with Crippen molar-refractivity contribution in [2.45, 2.75) is 132 Å². The van der Waals surface area contributed by atoms with Gasteiger partial charge in [-0.2, -0.15) is 0 Å². The molecule has 0 aromatic rings. The van der Waals surface area contributed by atoms with E-state index in [0.717, 1.165) is 30.6 Å². The van der Waals surface area contributed by atoms with E-state index >= 15 is 0 Å². The van der Waals surface area contributed by atoms with Crippen LogP contribution in [0.4, 0.5) is 0 Å². The third kappa shape index (κ3) is 5.99. The van der Waals surface area contributed by atoms with E-state index in [4.69, 9.17) is 4.74 Å². The summed E-state index contributed by atoms with van der Waals surface area (Å²) in [4.78, 5) is 11.5. The molecule has 0 N–H and O–H groups in total. The molecule has 0 aromatic carbocycles. The van der Waals surface area contributed by atoms with Crippen LogP contribution in [-0.2, 0) is 9.53 Å². The maximum atomic E-state index is 11.5. The van der Waals surface area contributed by atoms with Crippen LogP contribution in [0.2, 0.25) is 0 Å². The lowest BCUT2D eigenvalue weighted by Gasteiger charge is -2.55. The number of fused-ring (bicyclic) bond motifs is 4. The van der Waals surface area contributed by atoms with E-state index < -0.39 is 0 Å². The molecule has 198 valence electrons. The number of ether oxygens (including phenoxy) is 1. The fraction of sp³-hybridized carbons (Fsp3) is 0.788. The highest BCUT2D eigenvalue weighted by Gasteiger charge is 2.56. The minimum Gasteiger partial charge on any atom is -0.463 e. The molecule has 4 aliphatic carbocycles. The Kier molecular flexibility index (Phi) is 9.55. The largest absolute Gasteiger partial charge is 0.463 e. The van der Waals surface area contributed by atoms with E-state index in [1.807, 2.05) is 37.1 Å². The number of rotatable bonds is 5. The molecule has 4 aliphatic rings. The monoisotopic (exact) mass is 482 g/mol. The maximum Gasteiger partial charge on any atom is 0.302 e. The van der Waals surface area contributed by atoms with Gasteiger partial charge in [0.1, 0.15) is 6.10 Å². The highest BCUT2D eigenvalue weighted by atomic mass is 16.5. The molecule has 2 heteroatoms. The fourth-order valence-electron chi connectivity index (χ4n) is 8.57. The molecular formula is C33H54O2. The van der Waals surface area contributed by atoms with Gasteiger partial charge in [0.05, 0.1) is 0 Å². The molecule has 2 nitrogen and oxygen atoms in total. The summed E-state index contributed by atoms with van der Waals surface area (Å²) >= 11 is 0. The fourth-order valence-corrected chi connectivity index (χ4v) is 8.57. The van der Waals surface area contributed by atoms with Crippen molar-refractivity contribution in [3.8, 4) is 0 Å². The molecule has 4 rings (SSSR count). The molecule has 0 radical (unpaired) electrons. The van der Waals surface area contributed by atoms with Crippen LogP contribution in [0.3, 0.4) is 0 Å². The summed E-state index contributed by atoms with van der Waals surface area (Å²) in [5, 5.41) is 0. The standard InChI is InChI=1S/C29H46O2.C4H8/c1-19(2)8-7-9-20(3)25-12-13-26-24-11-10-22-18-23(31-21(4)30)14-16-28(22,5)27(24)15-17-29(25,26)6;1-3-4-2/h8,20,22-23,25-26H,7,9-18H2,1-6H3;3-4H,1-2H3/b;4-3-. The first-order valence-electron chi connectivity index (χ1n) is 14.7. The van der Waals surface area contributed by atoms with Crippen LogP contribution in [0.5, 0.6) is 0 Å². The van der Waals surface area contributed by atoms with Gasteiger partial charge in [0.15, 0.2) is 0 Å². The van der Waals surface area contributed by atoms with Gasteiger partial charge in [-0.05, 0) is 133 Å². The number of hydrogen-bond acceptors (Lipinski definition) is 2. The second kappa shape index (κ2) is 11.8. The molecule has 0 saturated heterocycles. The van der Waals surface area contributed by atoms with Crippen molar-refractivity contribution in [3.63, 3.8) is 0 Å². The lowest BCUT2D eigenvalue weighted by molar-refractivity contribution is -0.150. The van der Waals surface area contributed by atoms with Crippen LogP contribution in [0.25, 0.3) is 0 Å². The molecule has 0 bridgehead atoms. The third-order valence-corrected chi connectivity index (χ3v) is 10.5. The molecule has 7 atom stereocenters. The first kappa shape index (κ1) is 28.3. The lowest BCUT2D eigenvalue weighted by atomic mass is 9.50. The van der Waals surface area contributed by atoms with Gasteiger partial charge < -0.3 is 4.74 Å². The van der Waals surface area contributed by atoms with Crippen LogP contribution < -0.4 is 0 Å². The predicted octanol–water partition coefficient (Wildman–Crippen LogP) is 9.61. The number of carbonyl (C=O) groups excluding carboxylic acids is 1. The first-order valence-corrected chi connectivity index (χ1v) is 14.7. The van der Waals surface area contributed by atoms with Crippen LogP contribution in [0.1, 0.15) is 126 Å². The van der Waals surface area contributed by atoms with Crippen molar-refractivity contribution >= 4 is 5.97 Å². The highest BCUT2D eigenvalue weighted by molar-refractivity contribution is 5.66. The Hall–Kier alpha value is -1.31. The average Bonchev–Trinajstić information content (AvgIpc) is 3.16. The smallest absolute Gasteiger partial charge is 0.302 e. The summed E-state index contributed by atoms with van der Waals surface area (Å²) in [6.45, 7) is 17.8. The van der Waals surface area contributed by atoms with Crippen molar-refractivity contribution in [2.24, 2.45) is 34.5 Å². The summed E-state index contributed by atoms with van der Waals surface area (Å²) in [5.41, 5.74) is 6.08. The van der Waals surface area contributed by atoms with E-state index in [1.165, 1.54) is 63.4 Å². The quantitative estimate of drug-likeness (QED) is 0.288. The molecule has 2 saturated carbocycles. The predicted molar refractivity (Wildman–Crippen MR) is 149 cm³/mol. The maximum absolute atomic E-state index is 11.5. The molecule has 35 heavy (non-hydrogen) atoms. The molecule has 0 amide bonds.